The van der Waals surface area contributed by atoms with E-state index in [9.17, 15) is 26.3 Å². The standard InChI is InChI=1S/C15H9F6N3OS/c16-14(17,18)13(24-26-12-5-9(6-22)7-23-8-12)10-1-3-11(4-2-10)25-15(19,20)21/h1-5,7-8,13,24H. The molecule has 1 unspecified atom stereocenters. The lowest BCUT2D eigenvalue weighted by Crippen LogP contribution is -2.30. The highest BCUT2D eigenvalue weighted by atomic mass is 32.2. The van der Waals surface area contributed by atoms with Crippen LogP contribution in [0.5, 0.6) is 5.75 Å². The second kappa shape index (κ2) is 7.84. The highest BCUT2D eigenvalue weighted by Crippen LogP contribution is 2.36. The molecule has 0 aliphatic carbocycles. The van der Waals surface area contributed by atoms with Crippen LogP contribution in [-0.4, -0.2) is 17.5 Å². The molecule has 0 saturated heterocycles. The van der Waals surface area contributed by atoms with E-state index in [4.69, 9.17) is 5.26 Å². The highest BCUT2D eigenvalue weighted by Gasteiger charge is 2.41. The van der Waals surface area contributed by atoms with E-state index in [1.165, 1.54) is 18.5 Å². The quantitative estimate of drug-likeness (QED) is 0.587. The second-order valence-electron chi connectivity index (χ2n) is 4.83. The van der Waals surface area contributed by atoms with Crippen molar-refractivity contribution in [1.82, 2.24) is 9.71 Å². The van der Waals surface area contributed by atoms with Crippen molar-refractivity contribution in [2.24, 2.45) is 0 Å². The van der Waals surface area contributed by atoms with Crippen LogP contribution in [0.3, 0.4) is 0 Å². The first-order valence-corrected chi connectivity index (χ1v) is 7.60. The molecule has 26 heavy (non-hydrogen) atoms. The molecule has 2 aromatic rings. The Kier molecular flexibility index (Phi) is 5.99. The summed E-state index contributed by atoms with van der Waals surface area (Å²) in [6, 6.07) is 4.37. The van der Waals surface area contributed by atoms with Crippen LogP contribution in [0.1, 0.15) is 17.2 Å². The molecule has 0 radical (unpaired) electrons. The summed E-state index contributed by atoms with van der Waals surface area (Å²) in [5.41, 5.74) is -0.127. The SMILES string of the molecule is N#Cc1cncc(SNC(c2ccc(OC(F)(F)F)cc2)C(F)(F)F)c1. The monoisotopic (exact) mass is 393 g/mol. The summed E-state index contributed by atoms with van der Waals surface area (Å²) in [5, 5.41) is 8.76. The first kappa shape index (κ1) is 19.9. The lowest BCUT2D eigenvalue weighted by Gasteiger charge is -2.21. The van der Waals surface area contributed by atoms with Crippen molar-refractivity contribution in [1.29, 1.82) is 5.26 Å². The fraction of sp³-hybridized carbons (Fsp3) is 0.200. The number of nitrogens with zero attached hydrogens (tertiary/aromatic N) is 2. The zero-order chi connectivity index (χ0) is 19.4. The van der Waals surface area contributed by atoms with Gasteiger partial charge in [0, 0.05) is 17.3 Å². The van der Waals surface area contributed by atoms with Crippen molar-refractivity contribution in [2.75, 3.05) is 0 Å². The van der Waals surface area contributed by atoms with E-state index in [1.807, 2.05) is 6.07 Å². The molecule has 1 N–H and O–H groups in total. The van der Waals surface area contributed by atoms with Crippen LogP contribution in [-0.2, 0) is 0 Å². The van der Waals surface area contributed by atoms with Gasteiger partial charge in [-0.25, -0.2) is 4.72 Å². The van der Waals surface area contributed by atoms with Crippen LogP contribution in [0.25, 0.3) is 0 Å². The number of aromatic nitrogens is 1. The van der Waals surface area contributed by atoms with E-state index in [0.717, 1.165) is 24.3 Å². The van der Waals surface area contributed by atoms with Crippen LogP contribution in [0, 0.1) is 11.3 Å². The molecule has 1 heterocycles. The topological polar surface area (TPSA) is 57.9 Å². The smallest absolute Gasteiger partial charge is 0.406 e. The molecule has 4 nitrogen and oxygen atoms in total. The molecule has 0 saturated carbocycles. The zero-order valence-corrected chi connectivity index (χ0v) is 13.4. The Bertz CT molecular complexity index is 786. The summed E-state index contributed by atoms with van der Waals surface area (Å²) >= 11 is 0.599. The average molecular weight is 393 g/mol. The Labute approximate surface area is 147 Å². The number of benzene rings is 1. The number of ether oxygens (including phenoxy) is 1. The van der Waals surface area contributed by atoms with Crippen molar-refractivity contribution < 1.29 is 31.1 Å². The number of rotatable bonds is 5. The van der Waals surface area contributed by atoms with Crippen molar-refractivity contribution in [3.63, 3.8) is 0 Å². The molecule has 1 atom stereocenters. The number of alkyl halides is 6. The van der Waals surface area contributed by atoms with Crippen LogP contribution in [0.15, 0.2) is 47.6 Å². The molecule has 0 amide bonds. The number of pyridine rings is 1. The molecule has 0 bridgehead atoms. The lowest BCUT2D eigenvalue weighted by molar-refractivity contribution is -0.274. The van der Waals surface area contributed by atoms with Gasteiger partial charge in [-0.3, -0.25) is 4.98 Å². The molecular weight excluding hydrogens is 384 g/mol. The van der Waals surface area contributed by atoms with Gasteiger partial charge in [0.1, 0.15) is 17.9 Å². The van der Waals surface area contributed by atoms with Gasteiger partial charge in [-0.05, 0) is 35.7 Å². The maximum absolute atomic E-state index is 13.3. The number of hydrogen-bond acceptors (Lipinski definition) is 5. The molecular formula is C15H9F6N3OS. The predicted molar refractivity (Wildman–Crippen MR) is 79.9 cm³/mol. The van der Waals surface area contributed by atoms with Crippen molar-refractivity contribution in [2.45, 2.75) is 23.5 Å². The predicted octanol–water partition coefficient (Wildman–Crippen LogP) is 4.75. The van der Waals surface area contributed by atoms with Gasteiger partial charge in [0.2, 0.25) is 0 Å². The third-order valence-corrected chi connectivity index (χ3v) is 3.72. The van der Waals surface area contributed by atoms with Crippen LogP contribution >= 0.6 is 11.9 Å². The van der Waals surface area contributed by atoms with Crippen LogP contribution < -0.4 is 9.46 Å². The van der Waals surface area contributed by atoms with Gasteiger partial charge in [0.25, 0.3) is 0 Å². The maximum atomic E-state index is 13.3. The third-order valence-electron chi connectivity index (χ3n) is 2.91. The summed E-state index contributed by atoms with van der Waals surface area (Å²) in [6.45, 7) is 0. The largest absolute Gasteiger partial charge is 0.573 e. The average Bonchev–Trinajstić information content (AvgIpc) is 2.54. The molecule has 2 rings (SSSR count). The summed E-state index contributed by atoms with van der Waals surface area (Å²) in [6.07, 6.45) is -7.12. The molecule has 138 valence electrons. The van der Waals surface area contributed by atoms with Gasteiger partial charge >= 0.3 is 12.5 Å². The molecule has 0 spiro atoms. The molecule has 0 fully saturated rings. The number of halogens is 6. The second-order valence-corrected chi connectivity index (χ2v) is 5.74. The third kappa shape index (κ3) is 5.82. The van der Waals surface area contributed by atoms with Crippen LogP contribution in [0.4, 0.5) is 26.3 Å². The zero-order valence-electron chi connectivity index (χ0n) is 12.6. The molecule has 1 aromatic heterocycles. The summed E-state index contributed by atoms with van der Waals surface area (Å²) < 4.78 is 82.0. The van der Waals surface area contributed by atoms with E-state index in [1.54, 1.807) is 0 Å². The minimum absolute atomic E-state index is 0.175. The van der Waals surface area contributed by atoms with Gasteiger partial charge in [-0.2, -0.15) is 18.4 Å². The van der Waals surface area contributed by atoms with E-state index in [0.29, 0.717) is 11.9 Å². The van der Waals surface area contributed by atoms with Crippen molar-refractivity contribution in [3.05, 3.63) is 53.9 Å². The van der Waals surface area contributed by atoms with Gasteiger partial charge in [-0.15, -0.1) is 13.2 Å². The lowest BCUT2D eigenvalue weighted by atomic mass is 10.1. The minimum atomic E-state index is -4.93. The number of hydrogen-bond donors (Lipinski definition) is 1. The van der Waals surface area contributed by atoms with Crippen molar-refractivity contribution >= 4 is 11.9 Å². The summed E-state index contributed by atoms with van der Waals surface area (Å²) in [7, 11) is 0. The van der Waals surface area contributed by atoms with Gasteiger partial charge in [0.05, 0.1) is 5.56 Å². The Balaban J connectivity index is 2.16. The number of nitriles is 1. The first-order valence-electron chi connectivity index (χ1n) is 6.78. The molecule has 0 aliphatic rings. The van der Waals surface area contributed by atoms with Gasteiger partial charge < -0.3 is 4.74 Å². The Morgan fingerprint density at radius 3 is 2.27 bits per heavy atom. The normalized spacial score (nSPS) is 13.1. The fourth-order valence-electron chi connectivity index (χ4n) is 1.85. The highest BCUT2D eigenvalue weighted by molar-refractivity contribution is 7.97. The Hall–Kier alpha value is -2.45. The van der Waals surface area contributed by atoms with Gasteiger partial charge in [0.15, 0.2) is 0 Å². The van der Waals surface area contributed by atoms with E-state index < -0.39 is 24.3 Å². The van der Waals surface area contributed by atoms with Crippen molar-refractivity contribution in [3.8, 4) is 11.8 Å². The van der Waals surface area contributed by atoms with E-state index >= 15 is 0 Å². The summed E-state index contributed by atoms with van der Waals surface area (Å²) in [4.78, 5) is 4.00. The van der Waals surface area contributed by atoms with E-state index in [-0.39, 0.29) is 16.0 Å². The van der Waals surface area contributed by atoms with Crippen LogP contribution in [0.2, 0.25) is 0 Å². The minimum Gasteiger partial charge on any atom is -0.406 e. The number of nitrogens with one attached hydrogen (secondary N) is 1. The maximum Gasteiger partial charge on any atom is 0.573 e. The molecule has 0 aliphatic heterocycles. The molecule has 11 heteroatoms. The summed E-state index contributed by atoms with van der Waals surface area (Å²) in [5.74, 6) is -0.624. The van der Waals surface area contributed by atoms with Gasteiger partial charge in [-0.1, -0.05) is 12.1 Å². The van der Waals surface area contributed by atoms with E-state index in [2.05, 4.69) is 14.4 Å². The molecule has 1 aromatic carbocycles. The Morgan fingerprint density at radius 1 is 1.08 bits per heavy atom. The first-order chi connectivity index (χ1) is 12.1. The Morgan fingerprint density at radius 2 is 1.73 bits per heavy atom. The fourth-order valence-corrected chi connectivity index (χ4v) is 2.67.